The topological polar surface area (TPSA) is 12.0 Å². The molecule has 1 N–H and O–H groups in total. The van der Waals surface area contributed by atoms with Crippen molar-refractivity contribution in [2.75, 3.05) is 13.1 Å². The Morgan fingerprint density at radius 3 is 2.75 bits per heavy atom. The van der Waals surface area contributed by atoms with Gasteiger partial charge < -0.3 is 5.32 Å². The highest BCUT2D eigenvalue weighted by molar-refractivity contribution is 5.31. The lowest BCUT2D eigenvalue weighted by molar-refractivity contribution is 0.225. The van der Waals surface area contributed by atoms with Gasteiger partial charge in [-0.15, -0.1) is 0 Å². The predicted octanol–water partition coefficient (Wildman–Crippen LogP) is 4.65. The standard InChI is InChI=1S/C18H28FN/c1-4-14-7-8-15(12-20-5-2)18(10-14)17-11-16(19)9-6-13(17)3/h6,9,11,14-15,18,20H,4-5,7-8,10,12H2,1-3H3. The van der Waals surface area contributed by atoms with Crippen LogP contribution in [0.1, 0.15) is 56.6 Å². The number of rotatable bonds is 5. The maximum Gasteiger partial charge on any atom is 0.123 e. The summed E-state index contributed by atoms with van der Waals surface area (Å²) in [6.07, 6.45) is 5.07. The molecule has 0 bridgehead atoms. The molecular formula is C18H28FN. The number of benzene rings is 1. The summed E-state index contributed by atoms with van der Waals surface area (Å²) in [6.45, 7) is 8.63. The molecule has 0 saturated heterocycles. The fraction of sp³-hybridized carbons (Fsp3) is 0.667. The van der Waals surface area contributed by atoms with Crippen LogP contribution in [0.5, 0.6) is 0 Å². The molecule has 1 aliphatic rings. The minimum Gasteiger partial charge on any atom is -0.317 e. The molecule has 3 unspecified atom stereocenters. The molecule has 1 fully saturated rings. The first-order chi connectivity index (χ1) is 9.65. The molecule has 112 valence electrons. The van der Waals surface area contributed by atoms with Gasteiger partial charge in [0.25, 0.3) is 0 Å². The van der Waals surface area contributed by atoms with E-state index in [1.165, 1.54) is 36.8 Å². The average molecular weight is 277 g/mol. The van der Waals surface area contributed by atoms with Crippen molar-refractivity contribution >= 4 is 0 Å². The van der Waals surface area contributed by atoms with Gasteiger partial charge in [0.2, 0.25) is 0 Å². The second-order valence-electron chi connectivity index (χ2n) is 6.26. The quantitative estimate of drug-likeness (QED) is 0.826. The minimum absolute atomic E-state index is 0.0913. The molecule has 1 aromatic rings. The summed E-state index contributed by atoms with van der Waals surface area (Å²) in [6, 6.07) is 5.29. The molecule has 2 heteroatoms. The molecule has 3 atom stereocenters. The van der Waals surface area contributed by atoms with Crippen molar-refractivity contribution in [1.82, 2.24) is 5.32 Å². The van der Waals surface area contributed by atoms with Crippen molar-refractivity contribution in [1.29, 1.82) is 0 Å². The van der Waals surface area contributed by atoms with Crippen LogP contribution >= 0.6 is 0 Å². The van der Waals surface area contributed by atoms with Gasteiger partial charge in [-0.1, -0.05) is 32.8 Å². The first-order valence-electron chi connectivity index (χ1n) is 8.12. The predicted molar refractivity (Wildman–Crippen MR) is 83.5 cm³/mol. The van der Waals surface area contributed by atoms with E-state index in [1.807, 2.05) is 6.07 Å². The van der Waals surface area contributed by atoms with Crippen LogP contribution in [0.4, 0.5) is 4.39 Å². The van der Waals surface area contributed by atoms with Crippen molar-refractivity contribution in [3.8, 4) is 0 Å². The van der Waals surface area contributed by atoms with E-state index < -0.39 is 0 Å². The second kappa shape index (κ2) is 7.21. The summed E-state index contributed by atoms with van der Waals surface area (Å²) in [5, 5.41) is 3.49. The third-order valence-electron chi connectivity index (χ3n) is 4.98. The molecule has 1 aliphatic carbocycles. The highest BCUT2D eigenvalue weighted by Crippen LogP contribution is 2.42. The molecule has 1 aromatic carbocycles. The Morgan fingerprint density at radius 2 is 2.05 bits per heavy atom. The number of hydrogen-bond donors (Lipinski definition) is 1. The molecule has 1 nitrogen and oxygen atoms in total. The fourth-order valence-corrected chi connectivity index (χ4v) is 3.66. The van der Waals surface area contributed by atoms with E-state index in [0.717, 1.165) is 19.0 Å². The number of aryl methyl sites for hydroxylation is 1. The summed E-state index contributed by atoms with van der Waals surface area (Å²) in [7, 11) is 0. The Morgan fingerprint density at radius 1 is 1.25 bits per heavy atom. The largest absolute Gasteiger partial charge is 0.317 e. The molecule has 1 saturated carbocycles. The van der Waals surface area contributed by atoms with Gasteiger partial charge in [-0.2, -0.15) is 0 Å². The normalized spacial score (nSPS) is 26.7. The molecule has 2 rings (SSSR count). The summed E-state index contributed by atoms with van der Waals surface area (Å²) >= 11 is 0. The monoisotopic (exact) mass is 277 g/mol. The van der Waals surface area contributed by atoms with Gasteiger partial charge in [0.05, 0.1) is 0 Å². The van der Waals surface area contributed by atoms with Crippen LogP contribution in [-0.2, 0) is 0 Å². The third-order valence-corrected chi connectivity index (χ3v) is 4.98. The highest BCUT2D eigenvalue weighted by Gasteiger charge is 2.31. The first kappa shape index (κ1) is 15.5. The van der Waals surface area contributed by atoms with Gasteiger partial charge in [-0.05, 0) is 73.9 Å². The van der Waals surface area contributed by atoms with E-state index in [1.54, 1.807) is 12.1 Å². The van der Waals surface area contributed by atoms with E-state index in [4.69, 9.17) is 0 Å². The van der Waals surface area contributed by atoms with Crippen molar-refractivity contribution in [2.45, 2.75) is 52.4 Å². The molecular weight excluding hydrogens is 249 g/mol. The molecule has 0 radical (unpaired) electrons. The average Bonchev–Trinajstić information content (AvgIpc) is 2.47. The summed E-state index contributed by atoms with van der Waals surface area (Å²) < 4.78 is 13.6. The van der Waals surface area contributed by atoms with E-state index in [-0.39, 0.29) is 5.82 Å². The Balaban J connectivity index is 2.23. The Kier molecular flexibility index (Phi) is 5.59. The SMILES string of the molecule is CCNCC1CCC(CC)CC1c1cc(F)ccc1C. The molecule has 0 amide bonds. The maximum absolute atomic E-state index is 13.6. The first-order valence-corrected chi connectivity index (χ1v) is 8.12. The number of hydrogen-bond acceptors (Lipinski definition) is 1. The summed E-state index contributed by atoms with van der Waals surface area (Å²) in [5.41, 5.74) is 2.49. The molecule has 0 spiro atoms. The highest BCUT2D eigenvalue weighted by atomic mass is 19.1. The molecule has 0 aliphatic heterocycles. The fourth-order valence-electron chi connectivity index (χ4n) is 3.66. The van der Waals surface area contributed by atoms with Crippen LogP contribution in [0.3, 0.4) is 0 Å². The Labute approximate surface area is 123 Å². The third kappa shape index (κ3) is 3.60. The van der Waals surface area contributed by atoms with Crippen LogP contribution in [-0.4, -0.2) is 13.1 Å². The molecule has 0 aromatic heterocycles. The van der Waals surface area contributed by atoms with E-state index in [0.29, 0.717) is 11.8 Å². The number of halogens is 1. The Bertz CT molecular complexity index is 429. The van der Waals surface area contributed by atoms with Crippen molar-refractivity contribution in [3.05, 3.63) is 35.1 Å². The van der Waals surface area contributed by atoms with Gasteiger partial charge in [-0.3, -0.25) is 0 Å². The zero-order valence-electron chi connectivity index (χ0n) is 13.1. The van der Waals surface area contributed by atoms with Crippen LogP contribution in [0.2, 0.25) is 0 Å². The molecule has 20 heavy (non-hydrogen) atoms. The van der Waals surface area contributed by atoms with Gasteiger partial charge in [0.15, 0.2) is 0 Å². The lowest BCUT2D eigenvalue weighted by Gasteiger charge is -2.37. The van der Waals surface area contributed by atoms with Gasteiger partial charge in [-0.25, -0.2) is 4.39 Å². The molecule has 0 heterocycles. The summed E-state index contributed by atoms with van der Waals surface area (Å²) in [4.78, 5) is 0. The summed E-state index contributed by atoms with van der Waals surface area (Å²) in [5.74, 6) is 1.88. The van der Waals surface area contributed by atoms with Crippen molar-refractivity contribution in [3.63, 3.8) is 0 Å². The van der Waals surface area contributed by atoms with Gasteiger partial charge >= 0.3 is 0 Å². The van der Waals surface area contributed by atoms with Gasteiger partial charge in [0, 0.05) is 0 Å². The zero-order valence-corrected chi connectivity index (χ0v) is 13.1. The Hall–Kier alpha value is -0.890. The van der Waals surface area contributed by atoms with Crippen molar-refractivity contribution < 1.29 is 4.39 Å². The van der Waals surface area contributed by atoms with E-state index >= 15 is 0 Å². The maximum atomic E-state index is 13.6. The van der Waals surface area contributed by atoms with E-state index in [9.17, 15) is 4.39 Å². The van der Waals surface area contributed by atoms with Gasteiger partial charge in [0.1, 0.15) is 5.82 Å². The van der Waals surface area contributed by atoms with Crippen LogP contribution in [0.15, 0.2) is 18.2 Å². The smallest absolute Gasteiger partial charge is 0.123 e. The lowest BCUT2D eigenvalue weighted by atomic mass is 9.69. The lowest BCUT2D eigenvalue weighted by Crippen LogP contribution is -2.32. The second-order valence-corrected chi connectivity index (χ2v) is 6.26. The zero-order chi connectivity index (χ0) is 14.5. The van der Waals surface area contributed by atoms with E-state index in [2.05, 4.69) is 26.1 Å². The van der Waals surface area contributed by atoms with Crippen molar-refractivity contribution in [2.24, 2.45) is 11.8 Å². The van der Waals surface area contributed by atoms with Crippen LogP contribution < -0.4 is 5.32 Å². The minimum atomic E-state index is -0.0913. The van der Waals surface area contributed by atoms with Crippen LogP contribution in [0.25, 0.3) is 0 Å². The van der Waals surface area contributed by atoms with Crippen LogP contribution in [0, 0.1) is 24.6 Å². The number of nitrogens with one attached hydrogen (secondary N) is 1.